The number of carbonyl (C=O) groups is 2. The van der Waals surface area contributed by atoms with Crippen LogP contribution >= 0.6 is 23.2 Å². The smallest absolute Gasteiger partial charge is 0.236 e. The van der Waals surface area contributed by atoms with E-state index in [4.69, 9.17) is 23.2 Å². The number of likely N-dealkylation sites (N-methyl/N-ethyl adjacent to an activating group) is 2. The van der Waals surface area contributed by atoms with Crippen LogP contribution in [0.4, 0.5) is 0 Å². The Morgan fingerprint density at radius 1 is 1.05 bits per heavy atom. The number of rotatable bonds is 7. The molecule has 1 aromatic rings. The van der Waals surface area contributed by atoms with Gasteiger partial charge in [0.25, 0.3) is 0 Å². The molecular weight excluding hydrogens is 311 g/mol. The monoisotopic (exact) mass is 330 g/mol. The third-order valence-electron chi connectivity index (χ3n) is 3.18. The molecule has 21 heavy (non-hydrogen) atoms. The molecule has 0 unspecified atom stereocenters. The minimum atomic E-state index is -0.0941. The Balaban J connectivity index is 2.61. The zero-order chi connectivity index (χ0) is 16.0. The summed E-state index contributed by atoms with van der Waals surface area (Å²) < 4.78 is 0. The van der Waals surface area contributed by atoms with Crippen LogP contribution in [0.2, 0.25) is 10.0 Å². The predicted octanol–water partition coefficient (Wildman–Crippen LogP) is 2.98. The van der Waals surface area contributed by atoms with E-state index in [1.165, 1.54) is 0 Å². The summed E-state index contributed by atoms with van der Waals surface area (Å²) in [4.78, 5) is 27.5. The molecule has 0 heterocycles. The van der Waals surface area contributed by atoms with Gasteiger partial charge in [-0.05, 0) is 39.1 Å². The Hall–Kier alpha value is -1.10. The largest absolute Gasteiger partial charge is 0.342 e. The number of hydrogen-bond acceptors (Lipinski definition) is 3. The minimum absolute atomic E-state index is 0.0180. The van der Waals surface area contributed by atoms with E-state index in [1.807, 2.05) is 13.8 Å². The molecule has 4 nitrogen and oxygen atoms in total. The first-order valence-corrected chi connectivity index (χ1v) is 7.59. The van der Waals surface area contributed by atoms with Gasteiger partial charge in [-0.1, -0.05) is 23.2 Å². The highest BCUT2D eigenvalue weighted by Gasteiger charge is 2.16. The molecular formula is C15H20Cl2N2O2. The van der Waals surface area contributed by atoms with E-state index in [-0.39, 0.29) is 24.8 Å². The van der Waals surface area contributed by atoms with E-state index in [2.05, 4.69) is 0 Å². The fourth-order valence-corrected chi connectivity index (χ4v) is 2.27. The van der Waals surface area contributed by atoms with Crippen molar-refractivity contribution in [3.63, 3.8) is 0 Å². The van der Waals surface area contributed by atoms with Crippen LogP contribution in [-0.2, 0) is 4.79 Å². The maximum Gasteiger partial charge on any atom is 0.236 e. The fourth-order valence-electron chi connectivity index (χ4n) is 1.97. The molecule has 0 saturated heterocycles. The van der Waals surface area contributed by atoms with Gasteiger partial charge in [0.1, 0.15) is 0 Å². The summed E-state index contributed by atoms with van der Waals surface area (Å²) in [6.45, 7) is 5.58. The molecule has 0 spiro atoms. The molecule has 6 heteroatoms. The molecule has 116 valence electrons. The van der Waals surface area contributed by atoms with Crippen molar-refractivity contribution in [3.8, 4) is 0 Å². The highest BCUT2D eigenvalue weighted by molar-refractivity contribution is 6.42. The quantitative estimate of drug-likeness (QED) is 0.721. The SMILES string of the molecule is CCN(CC)C(=O)CN(C)CC(=O)c1ccc(Cl)c(Cl)c1. The lowest BCUT2D eigenvalue weighted by atomic mass is 10.1. The van der Waals surface area contributed by atoms with Gasteiger partial charge in [0.05, 0.1) is 23.1 Å². The van der Waals surface area contributed by atoms with Crippen molar-refractivity contribution in [2.24, 2.45) is 0 Å². The third kappa shape index (κ3) is 5.30. The minimum Gasteiger partial charge on any atom is -0.342 e. The van der Waals surface area contributed by atoms with Crippen molar-refractivity contribution in [3.05, 3.63) is 33.8 Å². The van der Waals surface area contributed by atoms with Crippen LogP contribution in [-0.4, -0.2) is 54.7 Å². The number of nitrogens with zero attached hydrogens (tertiary/aromatic N) is 2. The van der Waals surface area contributed by atoms with Gasteiger partial charge in [-0.15, -0.1) is 0 Å². The van der Waals surface area contributed by atoms with Crippen LogP contribution in [0.15, 0.2) is 18.2 Å². The second-order valence-electron chi connectivity index (χ2n) is 4.79. The molecule has 0 aliphatic heterocycles. The molecule has 0 atom stereocenters. The molecule has 0 radical (unpaired) electrons. The Morgan fingerprint density at radius 3 is 2.19 bits per heavy atom. The van der Waals surface area contributed by atoms with E-state index in [0.29, 0.717) is 28.7 Å². The summed E-state index contributed by atoms with van der Waals surface area (Å²) in [5, 5.41) is 0.766. The lowest BCUT2D eigenvalue weighted by Gasteiger charge is -2.22. The standard InChI is InChI=1S/C15H20Cl2N2O2/c1-4-19(5-2)15(21)10-18(3)9-14(20)11-6-7-12(16)13(17)8-11/h6-8H,4-5,9-10H2,1-3H3. The number of Topliss-reactive ketones (excluding diaryl/α,β-unsaturated/α-hetero) is 1. The van der Waals surface area contributed by atoms with Crippen molar-refractivity contribution in [1.82, 2.24) is 9.80 Å². The predicted molar refractivity (Wildman–Crippen MR) is 86.2 cm³/mol. The van der Waals surface area contributed by atoms with Gasteiger partial charge < -0.3 is 4.90 Å². The zero-order valence-electron chi connectivity index (χ0n) is 12.5. The number of ketones is 1. The number of carbonyl (C=O) groups excluding carboxylic acids is 2. The van der Waals surface area contributed by atoms with Gasteiger partial charge >= 0.3 is 0 Å². The second-order valence-corrected chi connectivity index (χ2v) is 5.60. The van der Waals surface area contributed by atoms with E-state index in [0.717, 1.165) is 0 Å². The summed E-state index contributed by atoms with van der Waals surface area (Å²) in [6.07, 6.45) is 0. The van der Waals surface area contributed by atoms with Crippen molar-refractivity contribution >= 4 is 34.9 Å². The Morgan fingerprint density at radius 2 is 1.67 bits per heavy atom. The van der Waals surface area contributed by atoms with Crippen LogP contribution in [0.5, 0.6) is 0 Å². The summed E-state index contributed by atoms with van der Waals surface area (Å²) in [7, 11) is 1.75. The van der Waals surface area contributed by atoms with Gasteiger partial charge in [0.2, 0.25) is 5.91 Å². The van der Waals surface area contributed by atoms with Crippen LogP contribution in [0.1, 0.15) is 24.2 Å². The van der Waals surface area contributed by atoms with Crippen LogP contribution in [0, 0.1) is 0 Å². The van der Waals surface area contributed by atoms with E-state index >= 15 is 0 Å². The molecule has 0 bridgehead atoms. The van der Waals surface area contributed by atoms with Gasteiger partial charge in [-0.25, -0.2) is 0 Å². The van der Waals surface area contributed by atoms with Gasteiger partial charge in [-0.2, -0.15) is 0 Å². The van der Waals surface area contributed by atoms with E-state index < -0.39 is 0 Å². The van der Waals surface area contributed by atoms with E-state index in [1.54, 1.807) is 35.0 Å². The van der Waals surface area contributed by atoms with Crippen LogP contribution in [0.3, 0.4) is 0 Å². The maximum absolute atomic E-state index is 12.1. The lowest BCUT2D eigenvalue weighted by molar-refractivity contribution is -0.131. The first kappa shape index (κ1) is 18.0. The first-order valence-electron chi connectivity index (χ1n) is 6.83. The molecule has 1 amide bonds. The normalized spacial score (nSPS) is 10.8. The molecule has 0 saturated carbocycles. The summed E-state index contributed by atoms with van der Waals surface area (Å²) in [6, 6.07) is 4.78. The number of benzene rings is 1. The summed E-state index contributed by atoms with van der Waals surface area (Å²) >= 11 is 11.7. The average Bonchev–Trinajstić information content (AvgIpc) is 2.42. The van der Waals surface area contributed by atoms with Gasteiger partial charge in [-0.3, -0.25) is 14.5 Å². The molecule has 1 aromatic carbocycles. The van der Waals surface area contributed by atoms with Crippen molar-refractivity contribution in [2.45, 2.75) is 13.8 Å². The molecule has 0 fully saturated rings. The molecule has 0 aliphatic rings. The first-order chi connectivity index (χ1) is 9.88. The molecule has 0 aliphatic carbocycles. The zero-order valence-corrected chi connectivity index (χ0v) is 14.0. The highest BCUT2D eigenvalue weighted by Crippen LogP contribution is 2.22. The number of amides is 1. The van der Waals surface area contributed by atoms with Crippen molar-refractivity contribution < 1.29 is 9.59 Å². The Labute approximate surface area is 135 Å². The Kier molecular flexibility index (Phi) is 7.15. The topological polar surface area (TPSA) is 40.6 Å². The van der Waals surface area contributed by atoms with Crippen molar-refractivity contribution in [2.75, 3.05) is 33.2 Å². The third-order valence-corrected chi connectivity index (χ3v) is 3.92. The fraction of sp³-hybridized carbons (Fsp3) is 0.467. The lowest BCUT2D eigenvalue weighted by Crippen LogP contribution is -2.40. The Bertz CT molecular complexity index is 516. The summed E-state index contributed by atoms with van der Waals surface area (Å²) in [5.74, 6) is -0.0761. The average molecular weight is 331 g/mol. The van der Waals surface area contributed by atoms with Crippen molar-refractivity contribution in [1.29, 1.82) is 0 Å². The highest BCUT2D eigenvalue weighted by atomic mass is 35.5. The van der Waals surface area contributed by atoms with Crippen LogP contribution in [0.25, 0.3) is 0 Å². The number of halogens is 2. The second kappa shape index (κ2) is 8.37. The van der Waals surface area contributed by atoms with Crippen LogP contribution < -0.4 is 0 Å². The van der Waals surface area contributed by atoms with Gasteiger partial charge in [0.15, 0.2) is 5.78 Å². The van der Waals surface area contributed by atoms with E-state index in [9.17, 15) is 9.59 Å². The maximum atomic E-state index is 12.1. The molecule has 1 rings (SSSR count). The number of hydrogen-bond donors (Lipinski definition) is 0. The summed E-state index contributed by atoms with van der Waals surface area (Å²) in [5.41, 5.74) is 0.492. The van der Waals surface area contributed by atoms with Gasteiger partial charge in [0, 0.05) is 18.7 Å². The molecule has 0 aromatic heterocycles. The molecule has 0 N–H and O–H groups in total.